The molecule has 38 heavy (non-hydrogen) atoms. The van der Waals surface area contributed by atoms with Gasteiger partial charge >= 0.3 is 5.97 Å². The van der Waals surface area contributed by atoms with Gasteiger partial charge in [0.2, 0.25) is 0 Å². The molecule has 4 rings (SSSR count). The molecule has 0 aliphatic carbocycles. The zero-order chi connectivity index (χ0) is 27.1. The molecule has 1 heterocycles. The molecule has 0 saturated carbocycles. The summed E-state index contributed by atoms with van der Waals surface area (Å²) in [5.74, 6) is 0.576. The number of likely N-dealkylation sites (tertiary alicyclic amines) is 1. The van der Waals surface area contributed by atoms with Crippen LogP contribution in [0.5, 0.6) is 5.75 Å². The molecule has 0 bridgehead atoms. The third-order valence-electron chi connectivity index (χ3n) is 7.04. The fourth-order valence-electron chi connectivity index (χ4n) is 5.04. The van der Waals surface area contributed by atoms with Crippen LogP contribution in [-0.4, -0.2) is 48.2 Å². The molecule has 1 unspecified atom stereocenters. The molecule has 6 heteroatoms. The lowest BCUT2D eigenvalue weighted by Crippen LogP contribution is -2.39. The van der Waals surface area contributed by atoms with Crippen LogP contribution in [0.3, 0.4) is 0 Å². The second-order valence-corrected chi connectivity index (χ2v) is 11.2. The van der Waals surface area contributed by atoms with Crippen LogP contribution in [0.1, 0.15) is 42.3 Å². The zero-order valence-electron chi connectivity index (χ0n) is 22.7. The van der Waals surface area contributed by atoms with Gasteiger partial charge in [0, 0.05) is 36.0 Å². The maximum atomic E-state index is 13.7. The first-order valence-corrected chi connectivity index (χ1v) is 14.4. The number of Topliss-reactive ketones (excluding diaryl/α,β-unsaturated/α-hetero) is 1. The molecule has 1 fully saturated rings. The highest BCUT2D eigenvalue weighted by atomic mass is 32.2. The van der Waals surface area contributed by atoms with Crippen LogP contribution in [0, 0.1) is 11.8 Å². The van der Waals surface area contributed by atoms with Crippen molar-refractivity contribution in [1.82, 2.24) is 4.90 Å². The molecule has 0 aromatic heterocycles. The number of carbonyl (C=O) groups excluding carboxylic acids is 2. The van der Waals surface area contributed by atoms with E-state index < -0.39 is 5.60 Å². The van der Waals surface area contributed by atoms with E-state index in [9.17, 15) is 9.59 Å². The molecule has 2 atom stereocenters. The quantitative estimate of drug-likeness (QED) is 0.164. The number of ketones is 1. The van der Waals surface area contributed by atoms with Gasteiger partial charge in [-0.05, 0) is 74.8 Å². The van der Waals surface area contributed by atoms with Gasteiger partial charge < -0.3 is 9.47 Å². The highest BCUT2D eigenvalue weighted by molar-refractivity contribution is 7.98. The van der Waals surface area contributed by atoms with Gasteiger partial charge in [-0.2, -0.15) is 0 Å². The number of hydrogen-bond acceptors (Lipinski definition) is 6. The molecule has 5 nitrogen and oxygen atoms in total. The van der Waals surface area contributed by atoms with Gasteiger partial charge in [0.1, 0.15) is 5.75 Å². The molecule has 1 aliphatic heterocycles. The number of hydrogen-bond donors (Lipinski definition) is 0. The molecule has 0 radical (unpaired) electrons. The first kappa shape index (κ1) is 27.9. The van der Waals surface area contributed by atoms with Crippen molar-refractivity contribution >= 4 is 23.5 Å². The smallest absolute Gasteiger partial charge is 0.349 e. The van der Waals surface area contributed by atoms with E-state index in [1.807, 2.05) is 60.9 Å². The summed E-state index contributed by atoms with van der Waals surface area (Å²) in [5, 5.41) is 0. The highest BCUT2D eigenvalue weighted by Crippen LogP contribution is 2.32. The molecule has 0 spiro atoms. The van der Waals surface area contributed by atoms with Gasteiger partial charge in [-0.1, -0.05) is 54.6 Å². The number of ether oxygens (including phenoxy) is 2. The van der Waals surface area contributed by atoms with E-state index in [0.717, 1.165) is 42.1 Å². The predicted molar refractivity (Wildman–Crippen MR) is 153 cm³/mol. The van der Waals surface area contributed by atoms with Crippen LogP contribution in [0.15, 0.2) is 83.8 Å². The topological polar surface area (TPSA) is 55.8 Å². The molecule has 0 N–H and O–H groups in total. The van der Waals surface area contributed by atoms with Crippen molar-refractivity contribution in [2.45, 2.75) is 44.2 Å². The first-order valence-electron chi connectivity index (χ1n) is 13.2. The van der Waals surface area contributed by atoms with E-state index in [2.05, 4.69) is 29.2 Å². The lowest BCUT2D eigenvalue weighted by Gasteiger charge is -2.24. The molecular formula is C32H37NO4S. The average molecular weight is 532 g/mol. The van der Waals surface area contributed by atoms with Gasteiger partial charge in [0.05, 0.1) is 6.61 Å². The number of thioether (sulfide) groups is 1. The summed E-state index contributed by atoms with van der Waals surface area (Å²) >= 11 is 1.68. The van der Waals surface area contributed by atoms with E-state index in [4.69, 9.17) is 9.47 Å². The van der Waals surface area contributed by atoms with Crippen molar-refractivity contribution in [1.29, 1.82) is 0 Å². The van der Waals surface area contributed by atoms with Crippen LogP contribution < -0.4 is 4.74 Å². The Labute approximate surface area is 230 Å². The summed E-state index contributed by atoms with van der Waals surface area (Å²) in [7, 11) is 0. The van der Waals surface area contributed by atoms with Crippen LogP contribution in [-0.2, 0) is 22.5 Å². The minimum absolute atomic E-state index is 0.0717. The van der Waals surface area contributed by atoms with Crippen LogP contribution in [0.25, 0.3) is 0 Å². The first-order chi connectivity index (χ1) is 18.3. The van der Waals surface area contributed by atoms with Gasteiger partial charge in [-0.15, -0.1) is 11.8 Å². The normalized spacial score (nSPS) is 17.8. The summed E-state index contributed by atoms with van der Waals surface area (Å²) < 4.78 is 11.0. The van der Waals surface area contributed by atoms with Crippen molar-refractivity contribution in [2.75, 3.05) is 26.0 Å². The van der Waals surface area contributed by atoms with Crippen molar-refractivity contribution in [3.05, 3.63) is 95.6 Å². The van der Waals surface area contributed by atoms with E-state index in [1.165, 1.54) is 5.56 Å². The summed E-state index contributed by atoms with van der Waals surface area (Å²) in [4.78, 5) is 29.4. The Hall–Kier alpha value is -3.09. The summed E-state index contributed by atoms with van der Waals surface area (Å²) in [6, 6.07) is 26.3. The fourth-order valence-corrected chi connectivity index (χ4v) is 5.45. The number of rotatable bonds is 11. The number of carbonyl (C=O) groups is 2. The molecule has 0 amide bonds. The summed E-state index contributed by atoms with van der Waals surface area (Å²) in [5.41, 5.74) is 2.12. The summed E-state index contributed by atoms with van der Waals surface area (Å²) in [6.07, 6.45) is 2.84. The van der Waals surface area contributed by atoms with Crippen molar-refractivity contribution < 1.29 is 19.1 Å². The zero-order valence-corrected chi connectivity index (χ0v) is 23.5. The molecule has 1 saturated heterocycles. The maximum Gasteiger partial charge on any atom is 0.349 e. The Bertz CT molecular complexity index is 1210. The van der Waals surface area contributed by atoms with Crippen LogP contribution >= 0.6 is 11.8 Å². The van der Waals surface area contributed by atoms with E-state index in [1.54, 1.807) is 32.5 Å². The Kier molecular flexibility index (Phi) is 9.29. The minimum atomic E-state index is -1.07. The second kappa shape index (κ2) is 12.6. The highest BCUT2D eigenvalue weighted by Gasteiger charge is 2.38. The Balaban J connectivity index is 1.49. The average Bonchev–Trinajstić information content (AvgIpc) is 3.31. The number of benzene rings is 3. The monoisotopic (exact) mass is 531 g/mol. The molecule has 3 aromatic carbocycles. The fraction of sp³-hybridized carbons (Fsp3) is 0.375. The molecule has 3 aromatic rings. The predicted octanol–water partition coefficient (Wildman–Crippen LogP) is 6.30. The van der Waals surface area contributed by atoms with Crippen LogP contribution in [0.4, 0.5) is 0 Å². The second-order valence-electron chi connectivity index (χ2n) is 10.3. The molecule has 200 valence electrons. The van der Waals surface area contributed by atoms with E-state index >= 15 is 0 Å². The van der Waals surface area contributed by atoms with Gasteiger partial charge in [0.25, 0.3) is 0 Å². The van der Waals surface area contributed by atoms with Gasteiger partial charge in [0.15, 0.2) is 11.4 Å². The largest absolute Gasteiger partial charge is 0.476 e. The van der Waals surface area contributed by atoms with Crippen LogP contribution in [0.2, 0.25) is 0 Å². The van der Waals surface area contributed by atoms with E-state index in [0.29, 0.717) is 12.4 Å². The Morgan fingerprint density at radius 2 is 1.61 bits per heavy atom. The third-order valence-corrected chi connectivity index (χ3v) is 7.78. The summed E-state index contributed by atoms with van der Waals surface area (Å²) in [6.45, 7) is 7.96. The lowest BCUT2D eigenvalue weighted by atomic mass is 9.84. The molecular weight excluding hydrogens is 494 g/mol. The Morgan fingerprint density at radius 3 is 2.24 bits per heavy atom. The minimum Gasteiger partial charge on any atom is -0.476 e. The van der Waals surface area contributed by atoms with E-state index in [-0.39, 0.29) is 23.6 Å². The van der Waals surface area contributed by atoms with Crippen molar-refractivity contribution in [2.24, 2.45) is 11.8 Å². The lowest BCUT2D eigenvalue weighted by molar-refractivity contribution is -0.158. The van der Waals surface area contributed by atoms with Gasteiger partial charge in [-0.25, -0.2) is 4.79 Å². The SMILES string of the molecule is CCOC(=O)C(C)(C)Oc1ccc(C[C@H]2CN(Cc3ccccc3)CC2C(=O)c2ccc(SC)cc2)cc1. The Morgan fingerprint density at radius 1 is 0.921 bits per heavy atom. The number of nitrogens with zero attached hydrogens (tertiary/aromatic N) is 1. The van der Waals surface area contributed by atoms with Crippen molar-refractivity contribution in [3.8, 4) is 5.75 Å². The molecule has 1 aliphatic rings. The van der Waals surface area contributed by atoms with Crippen molar-refractivity contribution in [3.63, 3.8) is 0 Å². The van der Waals surface area contributed by atoms with Gasteiger partial charge in [-0.3, -0.25) is 9.69 Å². The number of esters is 1. The standard InChI is InChI=1S/C32H37NO4S/c1-5-36-31(35)32(2,3)37-27-15-11-23(12-16-27)19-26-21-33(20-24-9-7-6-8-10-24)22-29(26)30(34)25-13-17-28(38-4)18-14-25/h6-18,26,29H,5,19-22H2,1-4H3/t26-,29?/m0/s1. The maximum absolute atomic E-state index is 13.7. The third kappa shape index (κ3) is 7.06.